The molecule has 120 valence electrons. The van der Waals surface area contributed by atoms with Crippen molar-refractivity contribution in [2.24, 2.45) is 11.8 Å². The molecule has 1 aromatic rings. The van der Waals surface area contributed by atoms with E-state index in [1.165, 1.54) is 17.7 Å². The number of anilines is 1. The van der Waals surface area contributed by atoms with Crippen molar-refractivity contribution in [3.63, 3.8) is 0 Å². The normalized spacial score (nSPS) is 19.7. The van der Waals surface area contributed by atoms with Crippen LogP contribution in [0.3, 0.4) is 0 Å². The molecule has 0 spiro atoms. The van der Waals surface area contributed by atoms with Gasteiger partial charge in [-0.1, -0.05) is 13.8 Å². The first-order valence-corrected chi connectivity index (χ1v) is 8.38. The van der Waals surface area contributed by atoms with Crippen molar-refractivity contribution in [1.82, 2.24) is 10.3 Å². The predicted octanol–water partition coefficient (Wildman–Crippen LogP) is 3.40. The van der Waals surface area contributed by atoms with E-state index in [0.717, 1.165) is 30.3 Å². The smallest absolute Gasteiger partial charge is 0.226 e. The van der Waals surface area contributed by atoms with Gasteiger partial charge in [-0.05, 0) is 51.1 Å². The van der Waals surface area contributed by atoms with Crippen LogP contribution in [0.4, 0.5) is 5.13 Å². The average molecular weight is 332 g/mol. The minimum atomic E-state index is 0. The summed E-state index contributed by atoms with van der Waals surface area (Å²) in [6.45, 7) is 8.49. The molecule has 0 radical (unpaired) electrons. The van der Waals surface area contributed by atoms with Crippen molar-refractivity contribution in [1.29, 1.82) is 0 Å². The van der Waals surface area contributed by atoms with E-state index in [-0.39, 0.29) is 18.3 Å². The van der Waals surface area contributed by atoms with Crippen molar-refractivity contribution < 1.29 is 4.79 Å². The SMILES string of the molecule is CCc1nc(NC(=O)CC(C)C2CCCNC2)sc1C.Cl. The van der Waals surface area contributed by atoms with Crippen molar-refractivity contribution in [3.8, 4) is 0 Å². The van der Waals surface area contributed by atoms with Gasteiger partial charge in [-0.25, -0.2) is 4.98 Å². The molecule has 2 N–H and O–H groups in total. The first-order chi connectivity index (χ1) is 9.60. The highest BCUT2D eigenvalue weighted by Gasteiger charge is 2.22. The van der Waals surface area contributed by atoms with Crippen LogP contribution < -0.4 is 10.6 Å². The van der Waals surface area contributed by atoms with Crippen LogP contribution in [0.2, 0.25) is 0 Å². The first kappa shape index (κ1) is 18.4. The third-order valence-corrected chi connectivity index (χ3v) is 5.05. The van der Waals surface area contributed by atoms with E-state index in [9.17, 15) is 4.79 Å². The summed E-state index contributed by atoms with van der Waals surface area (Å²) in [7, 11) is 0. The Labute approximate surface area is 137 Å². The van der Waals surface area contributed by atoms with Crippen molar-refractivity contribution in [2.75, 3.05) is 18.4 Å². The number of hydrogen-bond acceptors (Lipinski definition) is 4. The van der Waals surface area contributed by atoms with Gasteiger partial charge in [0.15, 0.2) is 5.13 Å². The van der Waals surface area contributed by atoms with Gasteiger partial charge >= 0.3 is 0 Å². The number of aryl methyl sites for hydroxylation is 2. The maximum Gasteiger partial charge on any atom is 0.226 e. The van der Waals surface area contributed by atoms with Gasteiger partial charge in [0.05, 0.1) is 5.69 Å². The minimum absolute atomic E-state index is 0. The zero-order valence-corrected chi connectivity index (χ0v) is 14.7. The number of rotatable bonds is 5. The minimum Gasteiger partial charge on any atom is -0.316 e. The monoisotopic (exact) mass is 331 g/mol. The van der Waals surface area contributed by atoms with Crippen LogP contribution in [0.5, 0.6) is 0 Å². The number of halogens is 1. The summed E-state index contributed by atoms with van der Waals surface area (Å²) in [6, 6.07) is 0. The summed E-state index contributed by atoms with van der Waals surface area (Å²) in [4.78, 5) is 17.8. The van der Waals surface area contributed by atoms with E-state index in [0.29, 0.717) is 18.3 Å². The largest absolute Gasteiger partial charge is 0.316 e. The van der Waals surface area contributed by atoms with Gasteiger partial charge in [0, 0.05) is 11.3 Å². The molecule has 0 aromatic carbocycles. The lowest BCUT2D eigenvalue weighted by Gasteiger charge is -2.27. The van der Waals surface area contributed by atoms with E-state index >= 15 is 0 Å². The van der Waals surface area contributed by atoms with E-state index in [2.05, 4.69) is 36.4 Å². The van der Waals surface area contributed by atoms with Gasteiger partial charge < -0.3 is 10.6 Å². The molecule has 2 unspecified atom stereocenters. The van der Waals surface area contributed by atoms with E-state index in [1.54, 1.807) is 11.3 Å². The predicted molar refractivity (Wildman–Crippen MR) is 91.5 cm³/mol. The fourth-order valence-electron chi connectivity index (χ4n) is 2.80. The second-order valence-corrected chi connectivity index (χ2v) is 6.91. The van der Waals surface area contributed by atoms with Crippen LogP contribution >= 0.6 is 23.7 Å². The Morgan fingerprint density at radius 1 is 1.57 bits per heavy atom. The van der Waals surface area contributed by atoms with Gasteiger partial charge in [0.25, 0.3) is 0 Å². The molecule has 4 nitrogen and oxygen atoms in total. The van der Waals surface area contributed by atoms with Crippen molar-refractivity contribution in [3.05, 3.63) is 10.6 Å². The standard InChI is InChI=1S/C15H25N3OS.ClH/c1-4-13-11(3)20-15(17-13)18-14(19)8-10(2)12-6-5-7-16-9-12;/h10,12,16H,4-9H2,1-3H3,(H,17,18,19);1H. The molecular formula is C15H26ClN3OS. The van der Waals surface area contributed by atoms with Crippen LogP contribution in [0.1, 0.15) is 43.7 Å². The summed E-state index contributed by atoms with van der Waals surface area (Å²) >= 11 is 1.57. The molecule has 1 aliphatic heterocycles. The molecule has 0 aliphatic carbocycles. The third kappa shape index (κ3) is 5.24. The Morgan fingerprint density at radius 2 is 2.33 bits per heavy atom. The topological polar surface area (TPSA) is 54.0 Å². The Hall–Kier alpha value is -0.650. The first-order valence-electron chi connectivity index (χ1n) is 7.57. The molecule has 1 saturated heterocycles. The second kappa shape index (κ2) is 8.71. The summed E-state index contributed by atoms with van der Waals surface area (Å²) in [5.74, 6) is 1.15. The average Bonchev–Trinajstić information content (AvgIpc) is 2.79. The molecule has 1 amide bonds. The number of piperidine rings is 1. The van der Waals surface area contributed by atoms with Gasteiger partial charge in [0.1, 0.15) is 0 Å². The van der Waals surface area contributed by atoms with Crippen LogP contribution in [-0.2, 0) is 11.2 Å². The molecule has 0 bridgehead atoms. The lowest BCUT2D eigenvalue weighted by Crippen LogP contribution is -2.34. The molecule has 2 rings (SSSR count). The maximum absolute atomic E-state index is 12.1. The Morgan fingerprint density at radius 3 is 2.90 bits per heavy atom. The molecule has 21 heavy (non-hydrogen) atoms. The number of nitrogens with zero attached hydrogens (tertiary/aromatic N) is 1. The third-order valence-electron chi connectivity index (χ3n) is 4.12. The molecule has 2 heterocycles. The summed E-state index contributed by atoms with van der Waals surface area (Å²) in [5.41, 5.74) is 1.09. The van der Waals surface area contributed by atoms with Gasteiger partial charge in [-0.3, -0.25) is 4.79 Å². The Bertz CT molecular complexity index is 458. The fraction of sp³-hybridized carbons (Fsp3) is 0.733. The van der Waals surface area contributed by atoms with Crippen molar-refractivity contribution >= 4 is 34.8 Å². The Kier molecular flexibility index (Phi) is 7.63. The maximum atomic E-state index is 12.1. The fourth-order valence-corrected chi connectivity index (χ4v) is 3.72. The lowest BCUT2D eigenvalue weighted by atomic mass is 9.85. The summed E-state index contributed by atoms with van der Waals surface area (Å²) in [5, 5.41) is 7.12. The van der Waals surface area contributed by atoms with Gasteiger partial charge in [-0.2, -0.15) is 0 Å². The summed E-state index contributed by atoms with van der Waals surface area (Å²) in [6.07, 6.45) is 3.97. The molecule has 2 atom stereocenters. The van der Waals surface area contributed by atoms with Crippen LogP contribution in [0, 0.1) is 18.8 Å². The van der Waals surface area contributed by atoms with E-state index in [4.69, 9.17) is 0 Å². The molecule has 1 fully saturated rings. The molecule has 1 aliphatic rings. The zero-order valence-electron chi connectivity index (χ0n) is 13.1. The number of amides is 1. The van der Waals surface area contributed by atoms with Crippen LogP contribution in [0.25, 0.3) is 0 Å². The Balaban J connectivity index is 0.00000220. The second-order valence-electron chi connectivity index (χ2n) is 5.71. The van der Waals surface area contributed by atoms with E-state index < -0.39 is 0 Å². The van der Waals surface area contributed by atoms with Gasteiger partial charge in [-0.15, -0.1) is 23.7 Å². The quantitative estimate of drug-likeness (QED) is 0.869. The van der Waals surface area contributed by atoms with Crippen molar-refractivity contribution in [2.45, 2.75) is 46.5 Å². The zero-order chi connectivity index (χ0) is 14.5. The highest BCUT2D eigenvalue weighted by Crippen LogP contribution is 2.25. The highest BCUT2D eigenvalue weighted by molar-refractivity contribution is 7.15. The number of carbonyl (C=O) groups excluding carboxylic acids is 1. The number of hydrogen-bond donors (Lipinski definition) is 2. The van der Waals surface area contributed by atoms with Crippen LogP contribution in [-0.4, -0.2) is 24.0 Å². The number of aromatic nitrogens is 1. The number of nitrogens with one attached hydrogen (secondary N) is 2. The molecule has 1 aromatic heterocycles. The van der Waals surface area contributed by atoms with E-state index in [1.807, 2.05) is 0 Å². The molecular weight excluding hydrogens is 306 g/mol. The number of thiazole rings is 1. The molecule has 6 heteroatoms. The number of carbonyl (C=O) groups is 1. The van der Waals surface area contributed by atoms with Crippen LogP contribution in [0.15, 0.2) is 0 Å². The molecule has 0 saturated carbocycles. The highest BCUT2D eigenvalue weighted by atomic mass is 35.5. The van der Waals surface area contributed by atoms with Gasteiger partial charge in [0.2, 0.25) is 5.91 Å². The summed E-state index contributed by atoms with van der Waals surface area (Å²) < 4.78 is 0. The lowest BCUT2D eigenvalue weighted by molar-refractivity contribution is -0.117.